The molecule has 2 unspecified atom stereocenters. The largest absolute Gasteiger partial charge is 0.386 e. The maximum Gasteiger partial charge on any atom is 0.0983 e. The third kappa shape index (κ3) is 2.93. The van der Waals surface area contributed by atoms with Gasteiger partial charge in [0.05, 0.1) is 17.2 Å². The molecule has 0 saturated carbocycles. The molecule has 2 nitrogen and oxygen atoms in total. The Balaban J connectivity index is 2.25. The molecule has 4 heteroatoms. The van der Waals surface area contributed by atoms with Gasteiger partial charge in [0, 0.05) is 4.47 Å². The van der Waals surface area contributed by atoms with Crippen molar-refractivity contribution in [3.8, 4) is 0 Å². The molecule has 94 valence electrons. The molecule has 0 aliphatic rings. The molecule has 2 aromatic carbocycles. The van der Waals surface area contributed by atoms with Crippen LogP contribution in [0.2, 0.25) is 5.02 Å². The van der Waals surface area contributed by atoms with Crippen molar-refractivity contribution in [2.75, 3.05) is 0 Å². The normalized spacial score (nSPS) is 14.2. The lowest BCUT2D eigenvalue weighted by molar-refractivity contribution is 0.147. The fourth-order valence-electron chi connectivity index (χ4n) is 1.76. The summed E-state index contributed by atoms with van der Waals surface area (Å²) in [7, 11) is 0. The van der Waals surface area contributed by atoms with Crippen LogP contribution in [0.1, 0.15) is 23.3 Å². The maximum absolute atomic E-state index is 10.3. The summed E-state index contributed by atoms with van der Waals surface area (Å²) >= 11 is 9.33. The highest BCUT2D eigenvalue weighted by molar-refractivity contribution is 9.10. The van der Waals surface area contributed by atoms with Crippen molar-refractivity contribution in [3.63, 3.8) is 0 Å². The van der Waals surface area contributed by atoms with Crippen LogP contribution in [0.4, 0.5) is 0 Å². The van der Waals surface area contributed by atoms with E-state index in [4.69, 9.17) is 17.3 Å². The second kappa shape index (κ2) is 5.85. The van der Waals surface area contributed by atoms with Crippen molar-refractivity contribution in [1.29, 1.82) is 0 Å². The maximum atomic E-state index is 10.3. The van der Waals surface area contributed by atoms with E-state index in [9.17, 15) is 5.11 Å². The highest BCUT2D eigenvalue weighted by atomic mass is 79.9. The fraction of sp³-hybridized carbons (Fsp3) is 0.143. The van der Waals surface area contributed by atoms with Crippen molar-refractivity contribution in [3.05, 3.63) is 69.2 Å². The summed E-state index contributed by atoms with van der Waals surface area (Å²) in [6.07, 6.45) is -0.780. The van der Waals surface area contributed by atoms with E-state index in [0.717, 1.165) is 10.0 Å². The molecule has 0 aromatic heterocycles. The van der Waals surface area contributed by atoms with Crippen LogP contribution < -0.4 is 5.73 Å². The molecule has 0 saturated heterocycles. The van der Waals surface area contributed by atoms with Crippen LogP contribution in [0.15, 0.2) is 53.0 Å². The number of halogens is 2. The van der Waals surface area contributed by atoms with E-state index in [1.807, 2.05) is 36.4 Å². The van der Waals surface area contributed by atoms with Crippen molar-refractivity contribution in [2.45, 2.75) is 12.1 Å². The zero-order valence-electron chi connectivity index (χ0n) is 9.55. The van der Waals surface area contributed by atoms with Crippen LogP contribution in [0.3, 0.4) is 0 Å². The zero-order chi connectivity index (χ0) is 13.1. The van der Waals surface area contributed by atoms with Crippen LogP contribution in [0.5, 0.6) is 0 Å². The molecular formula is C14H13BrClNO. The Kier molecular flexibility index (Phi) is 4.40. The van der Waals surface area contributed by atoms with Gasteiger partial charge in [-0.3, -0.25) is 0 Å². The number of rotatable bonds is 3. The SMILES string of the molecule is NC(c1ccccc1)C(O)c1ccc(Br)c(Cl)c1. The summed E-state index contributed by atoms with van der Waals surface area (Å²) in [5, 5.41) is 10.8. The molecule has 0 heterocycles. The topological polar surface area (TPSA) is 46.2 Å². The van der Waals surface area contributed by atoms with Gasteiger partial charge in [-0.1, -0.05) is 48.0 Å². The van der Waals surface area contributed by atoms with Gasteiger partial charge in [-0.15, -0.1) is 0 Å². The quantitative estimate of drug-likeness (QED) is 0.900. The van der Waals surface area contributed by atoms with Gasteiger partial charge in [-0.25, -0.2) is 0 Å². The van der Waals surface area contributed by atoms with Gasteiger partial charge >= 0.3 is 0 Å². The van der Waals surface area contributed by atoms with Crippen LogP contribution in [0, 0.1) is 0 Å². The van der Waals surface area contributed by atoms with E-state index in [0.29, 0.717) is 10.6 Å². The highest BCUT2D eigenvalue weighted by Crippen LogP contribution is 2.31. The minimum atomic E-state index is -0.780. The van der Waals surface area contributed by atoms with E-state index >= 15 is 0 Å². The second-order valence-corrected chi connectivity index (χ2v) is 5.32. The highest BCUT2D eigenvalue weighted by Gasteiger charge is 2.19. The van der Waals surface area contributed by atoms with Gasteiger partial charge in [0.25, 0.3) is 0 Å². The summed E-state index contributed by atoms with van der Waals surface area (Å²) in [5.74, 6) is 0. The van der Waals surface area contributed by atoms with Crippen molar-refractivity contribution in [1.82, 2.24) is 0 Å². The van der Waals surface area contributed by atoms with Crippen LogP contribution in [-0.4, -0.2) is 5.11 Å². The average molecular weight is 327 g/mol. The molecule has 0 aliphatic carbocycles. The lowest BCUT2D eigenvalue weighted by Crippen LogP contribution is -2.19. The lowest BCUT2D eigenvalue weighted by Gasteiger charge is -2.20. The molecule has 0 fully saturated rings. The van der Waals surface area contributed by atoms with Crippen molar-refractivity contribution < 1.29 is 5.11 Å². The third-order valence-electron chi connectivity index (χ3n) is 2.81. The number of hydrogen-bond acceptors (Lipinski definition) is 2. The molecule has 0 radical (unpaired) electrons. The van der Waals surface area contributed by atoms with Crippen molar-refractivity contribution in [2.24, 2.45) is 5.73 Å². The van der Waals surface area contributed by atoms with Gasteiger partial charge in [0.2, 0.25) is 0 Å². The summed E-state index contributed by atoms with van der Waals surface area (Å²) in [4.78, 5) is 0. The number of aliphatic hydroxyl groups is 1. The number of hydrogen-bond donors (Lipinski definition) is 2. The summed E-state index contributed by atoms with van der Waals surface area (Å²) in [6.45, 7) is 0. The smallest absolute Gasteiger partial charge is 0.0983 e. The fourth-order valence-corrected chi connectivity index (χ4v) is 2.20. The Morgan fingerprint density at radius 3 is 2.33 bits per heavy atom. The Hall–Kier alpha value is -0.870. The van der Waals surface area contributed by atoms with Crippen LogP contribution in [0.25, 0.3) is 0 Å². The first-order valence-electron chi connectivity index (χ1n) is 5.53. The Morgan fingerprint density at radius 1 is 1.06 bits per heavy atom. The van der Waals surface area contributed by atoms with E-state index < -0.39 is 12.1 Å². The van der Waals surface area contributed by atoms with E-state index in [-0.39, 0.29) is 0 Å². The van der Waals surface area contributed by atoms with Gasteiger partial charge in [-0.05, 0) is 39.2 Å². The number of aliphatic hydroxyl groups excluding tert-OH is 1. The first-order chi connectivity index (χ1) is 8.59. The summed E-state index contributed by atoms with van der Waals surface area (Å²) in [6, 6.07) is 14.4. The third-order valence-corrected chi connectivity index (χ3v) is 4.04. The Labute approximate surface area is 120 Å². The Morgan fingerprint density at radius 2 is 1.72 bits per heavy atom. The minimum Gasteiger partial charge on any atom is -0.386 e. The molecule has 3 N–H and O–H groups in total. The van der Waals surface area contributed by atoms with Gasteiger partial charge in [-0.2, -0.15) is 0 Å². The van der Waals surface area contributed by atoms with Crippen molar-refractivity contribution >= 4 is 27.5 Å². The summed E-state index contributed by atoms with van der Waals surface area (Å²) < 4.78 is 0.799. The molecule has 0 aliphatic heterocycles. The standard InChI is InChI=1S/C14H13BrClNO/c15-11-7-6-10(8-12(11)16)14(18)13(17)9-4-2-1-3-5-9/h1-8,13-14,18H,17H2. The van der Waals surface area contributed by atoms with E-state index in [2.05, 4.69) is 15.9 Å². The van der Waals surface area contributed by atoms with Gasteiger partial charge in [0.1, 0.15) is 0 Å². The molecule has 2 aromatic rings. The Bertz CT molecular complexity index is 533. The van der Waals surface area contributed by atoms with E-state index in [1.165, 1.54) is 0 Å². The molecule has 2 rings (SSSR count). The predicted octanol–water partition coefficient (Wildman–Crippen LogP) is 3.84. The molecular weight excluding hydrogens is 314 g/mol. The van der Waals surface area contributed by atoms with Gasteiger partial charge < -0.3 is 10.8 Å². The first-order valence-corrected chi connectivity index (χ1v) is 6.70. The monoisotopic (exact) mass is 325 g/mol. The minimum absolute atomic E-state index is 0.469. The predicted molar refractivity (Wildman–Crippen MR) is 77.5 cm³/mol. The first kappa shape index (κ1) is 13.6. The lowest BCUT2D eigenvalue weighted by atomic mass is 9.97. The van der Waals surface area contributed by atoms with Crippen LogP contribution >= 0.6 is 27.5 Å². The second-order valence-electron chi connectivity index (χ2n) is 4.05. The van der Waals surface area contributed by atoms with Gasteiger partial charge in [0.15, 0.2) is 0 Å². The number of nitrogens with two attached hydrogens (primary N) is 1. The zero-order valence-corrected chi connectivity index (χ0v) is 11.9. The summed E-state index contributed by atoms with van der Waals surface area (Å²) in [5.41, 5.74) is 7.65. The van der Waals surface area contributed by atoms with E-state index in [1.54, 1.807) is 12.1 Å². The molecule has 2 atom stereocenters. The molecule has 0 spiro atoms. The van der Waals surface area contributed by atoms with Crippen LogP contribution in [-0.2, 0) is 0 Å². The number of benzene rings is 2. The average Bonchev–Trinajstić information content (AvgIpc) is 2.41. The molecule has 0 amide bonds. The molecule has 18 heavy (non-hydrogen) atoms. The molecule has 0 bridgehead atoms.